The molecule has 19 heavy (non-hydrogen) atoms. The molecule has 1 fully saturated rings. The van der Waals surface area contributed by atoms with Crippen molar-refractivity contribution < 1.29 is 10.3 Å². The van der Waals surface area contributed by atoms with Crippen LogP contribution in [-0.2, 0) is 0 Å². The first-order chi connectivity index (χ1) is 9.26. The number of amidine groups is 1. The highest BCUT2D eigenvalue weighted by Crippen LogP contribution is 2.26. The van der Waals surface area contributed by atoms with Crippen LogP contribution in [0.5, 0.6) is 0 Å². The first-order valence-electron chi connectivity index (χ1n) is 6.43. The Labute approximate surface area is 111 Å². The van der Waals surface area contributed by atoms with Gasteiger partial charge in [0.1, 0.15) is 11.5 Å². The molecule has 104 valence electrons. The summed E-state index contributed by atoms with van der Waals surface area (Å²) in [6.07, 6.45) is 7.73. The molecule has 1 aromatic heterocycles. The lowest BCUT2D eigenvalue weighted by atomic mass is 10.2. The number of nitrogens with zero attached hydrogens (tertiary/aromatic N) is 4. The molecule has 7 nitrogen and oxygen atoms in total. The summed E-state index contributed by atoms with van der Waals surface area (Å²) in [7, 11) is 0. The van der Waals surface area contributed by atoms with Crippen molar-refractivity contribution in [3.8, 4) is 0 Å². The zero-order valence-electron chi connectivity index (χ0n) is 10.7. The van der Waals surface area contributed by atoms with Gasteiger partial charge < -0.3 is 20.9 Å². The minimum absolute atomic E-state index is 0.0615. The van der Waals surface area contributed by atoms with Crippen molar-refractivity contribution in [2.24, 2.45) is 10.9 Å². The van der Waals surface area contributed by atoms with E-state index >= 15 is 0 Å². The minimum Gasteiger partial charge on any atom is -0.409 e. The second-order valence-electron chi connectivity index (χ2n) is 4.60. The van der Waals surface area contributed by atoms with Crippen LogP contribution in [-0.4, -0.2) is 45.3 Å². The number of oxime groups is 1. The van der Waals surface area contributed by atoms with Gasteiger partial charge in [0.25, 0.3) is 0 Å². The van der Waals surface area contributed by atoms with Crippen molar-refractivity contribution >= 4 is 11.7 Å². The van der Waals surface area contributed by atoms with Gasteiger partial charge in [0.15, 0.2) is 5.84 Å². The summed E-state index contributed by atoms with van der Waals surface area (Å²) in [5.41, 5.74) is 5.78. The number of nitrogens with two attached hydrogens (primary N) is 1. The number of hydrogen-bond donors (Lipinski definition) is 3. The van der Waals surface area contributed by atoms with Crippen LogP contribution in [0.2, 0.25) is 0 Å². The zero-order valence-corrected chi connectivity index (χ0v) is 10.7. The third-order valence-corrected chi connectivity index (χ3v) is 3.41. The molecule has 0 bridgehead atoms. The third kappa shape index (κ3) is 3.11. The number of aliphatic hydroxyl groups excluding tert-OH is 1. The molecule has 0 radical (unpaired) electrons. The Balaban J connectivity index is 2.17. The Hall–Kier alpha value is -1.89. The summed E-state index contributed by atoms with van der Waals surface area (Å²) in [5, 5.41) is 20.6. The van der Waals surface area contributed by atoms with E-state index in [2.05, 4.69) is 20.0 Å². The molecule has 1 aromatic rings. The van der Waals surface area contributed by atoms with Gasteiger partial charge in [-0.25, -0.2) is 9.97 Å². The average Bonchev–Trinajstić information content (AvgIpc) is 2.98. The summed E-state index contributed by atoms with van der Waals surface area (Å²) in [4.78, 5) is 10.5. The topological polar surface area (TPSA) is 108 Å². The van der Waals surface area contributed by atoms with Crippen LogP contribution in [0.1, 0.15) is 31.4 Å². The predicted octanol–water partition coefficient (Wildman–Crippen LogP) is 0.312. The molecule has 0 saturated heterocycles. The molecule has 0 unspecified atom stereocenters. The van der Waals surface area contributed by atoms with Crippen LogP contribution < -0.4 is 10.6 Å². The lowest BCUT2D eigenvalue weighted by Gasteiger charge is -2.29. The maximum absolute atomic E-state index is 9.18. The highest BCUT2D eigenvalue weighted by atomic mass is 16.4. The van der Waals surface area contributed by atoms with Gasteiger partial charge in [-0.05, 0) is 12.8 Å². The normalized spacial score (nSPS) is 16.8. The highest BCUT2D eigenvalue weighted by Gasteiger charge is 2.23. The van der Waals surface area contributed by atoms with E-state index in [9.17, 15) is 5.11 Å². The molecule has 0 aromatic carbocycles. The molecular weight excluding hydrogens is 246 g/mol. The van der Waals surface area contributed by atoms with Gasteiger partial charge in [-0.3, -0.25) is 0 Å². The summed E-state index contributed by atoms with van der Waals surface area (Å²) >= 11 is 0. The number of aromatic nitrogens is 2. The molecule has 4 N–H and O–H groups in total. The molecule has 0 atom stereocenters. The number of rotatable bonds is 5. The SMILES string of the molecule is NC(=NO)c1cnc(N(CCO)C2CCCC2)cn1. The maximum atomic E-state index is 9.18. The van der Waals surface area contributed by atoms with E-state index in [1.165, 1.54) is 19.0 Å². The average molecular weight is 265 g/mol. The Bertz CT molecular complexity index is 428. The van der Waals surface area contributed by atoms with Gasteiger partial charge in [-0.2, -0.15) is 0 Å². The molecule has 7 heteroatoms. The number of aliphatic hydroxyl groups is 1. The van der Waals surface area contributed by atoms with Crippen molar-refractivity contribution in [1.82, 2.24) is 9.97 Å². The van der Waals surface area contributed by atoms with Gasteiger partial charge in [-0.15, -0.1) is 0 Å². The van der Waals surface area contributed by atoms with Crippen LogP contribution in [0.3, 0.4) is 0 Å². The van der Waals surface area contributed by atoms with Crippen LogP contribution in [0.4, 0.5) is 5.82 Å². The number of anilines is 1. The lowest BCUT2D eigenvalue weighted by molar-refractivity contribution is 0.296. The summed E-state index contributed by atoms with van der Waals surface area (Å²) in [6, 6.07) is 0.413. The Morgan fingerprint density at radius 2 is 2.11 bits per heavy atom. The van der Waals surface area contributed by atoms with Crippen molar-refractivity contribution in [2.45, 2.75) is 31.7 Å². The van der Waals surface area contributed by atoms with Gasteiger partial charge in [0.05, 0.1) is 19.0 Å². The predicted molar refractivity (Wildman–Crippen MR) is 71.2 cm³/mol. The van der Waals surface area contributed by atoms with Gasteiger partial charge in [0, 0.05) is 12.6 Å². The molecule has 2 rings (SSSR count). The summed E-state index contributed by atoms with van der Waals surface area (Å²) in [6.45, 7) is 0.627. The van der Waals surface area contributed by atoms with E-state index in [1.807, 2.05) is 0 Å². The lowest BCUT2D eigenvalue weighted by Crippen LogP contribution is -2.36. The van der Waals surface area contributed by atoms with E-state index < -0.39 is 0 Å². The van der Waals surface area contributed by atoms with E-state index in [0.717, 1.165) is 18.7 Å². The van der Waals surface area contributed by atoms with Crippen LogP contribution in [0.15, 0.2) is 17.5 Å². The molecule has 1 aliphatic carbocycles. The zero-order chi connectivity index (χ0) is 13.7. The Morgan fingerprint density at radius 1 is 1.37 bits per heavy atom. The minimum atomic E-state index is -0.0615. The highest BCUT2D eigenvalue weighted by molar-refractivity contribution is 5.94. The Morgan fingerprint density at radius 3 is 2.63 bits per heavy atom. The summed E-state index contributed by atoms with van der Waals surface area (Å²) in [5.74, 6) is 0.657. The first kappa shape index (κ1) is 13.5. The number of hydrogen-bond acceptors (Lipinski definition) is 6. The fourth-order valence-electron chi connectivity index (χ4n) is 2.46. The van der Waals surface area contributed by atoms with Crippen LogP contribution in [0.25, 0.3) is 0 Å². The monoisotopic (exact) mass is 265 g/mol. The molecule has 0 amide bonds. The van der Waals surface area contributed by atoms with Gasteiger partial charge >= 0.3 is 0 Å². The van der Waals surface area contributed by atoms with Gasteiger partial charge in [-0.1, -0.05) is 18.0 Å². The van der Waals surface area contributed by atoms with E-state index in [1.54, 1.807) is 6.20 Å². The first-order valence-corrected chi connectivity index (χ1v) is 6.43. The van der Waals surface area contributed by atoms with Gasteiger partial charge in [0.2, 0.25) is 0 Å². The summed E-state index contributed by atoms with van der Waals surface area (Å²) < 4.78 is 0. The van der Waals surface area contributed by atoms with E-state index in [4.69, 9.17) is 10.9 Å². The fourth-order valence-corrected chi connectivity index (χ4v) is 2.46. The maximum Gasteiger partial charge on any atom is 0.190 e. The van der Waals surface area contributed by atoms with Crippen molar-refractivity contribution in [1.29, 1.82) is 0 Å². The molecule has 0 aliphatic heterocycles. The van der Waals surface area contributed by atoms with Crippen molar-refractivity contribution in [3.63, 3.8) is 0 Å². The van der Waals surface area contributed by atoms with E-state index in [0.29, 0.717) is 18.3 Å². The molecule has 1 aliphatic rings. The molecule has 0 spiro atoms. The smallest absolute Gasteiger partial charge is 0.190 e. The third-order valence-electron chi connectivity index (χ3n) is 3.41. The Kier molecular flexibility index (Phi) is 4.51. The van der Waals surface area contributed by atoms with E-state index in [-0.39, 0.29) is 12.4 Å². The van der Waals surface area contributed by atoms with Crippen molar-refractivity contribution in [3.05, 3.63) is 18.1 Å². The molecular formula is C12H19N5O2. The largest absolute Gasteiger partial charge is 0.409 e. The standard InChI is InChI=1S/C12H19N5O2/c13-12(16-19)10-7-15-11(8-14-10)17(5-6-18)9-3-1-2-4-9/h7-9,18-19H,1-6H2,(H2,13,16). The van der Waals surface area contributed by atoms with Crippen LogP contribution in [0, 0.1) is 0 Å². The quantitative estimate of drug-likeness (QED) is 0.306. The second-order valence-corrected chi connectivity index (χ2v) is 4.60. The van der Waals surface area contributed by atoms with Crippen LogP contribution >= 0.6 is 0 Å². The molecule has 1 heterocycles. The van der Waals surface area contributed by atoms with Crippen molar-refractivity contribution in [2.75, 3.05) is 18.1 Å². The molecule has 1 saturated carbocycles. The second kappa shape index (κ2) is 6.33. The fraction of sp³-hybridized carbons (Fsp3) is 0.583.